The molecule has 2 aliphatic rings. The molecule has 0 fully saturated rings. The summed E-state index contributed by atoms with van der Waals surface area (Å²) in [6.45, 7) is 4.44. The molecular formula is C18H26Mg. The molecule has 0 N–H and O–H groups in total. The topological polar surface area (TPSA) is 0 Å². The van der Waals surface area contributed by atoms with Crippen LogP contribution < -0.4 is 0 Å². The van der Waals surface area contributed by atoms with Crippen molar-refractivity contribution in [3.63, 3.8) is 0 Å². The summed E-state index contributed by atoms with van der Waals surface area (Å²) in [7, 11) is 0. The van der Waals surface area contributed by atoms with Crippen LogP contribution in [-0.4, -0.2) is 23.1 Å². The maximum Gasteiger partial charge on any atom is 2.00 e. The van der Waals surface area contributed by atoms with E-state index in [0.717, 1.165) is 12.8 Å². The van der Waals surface area contributed by atoms with E-state index in [1.807, 2.05) is 0 Å². The van der Waals surface area contributed by atoms with Crippen molar-refractivity contribution in [1.82, 2.24) is 0 Å². The Hall–Kier alpha value is -0.274. The second-order valence-corrected chi connectivity index (χ2v) is 4.82. The average Bonchev–Trinajstić information content (AvgIpc) is 3.07. The zero-order valence-electron chi connectivity index (χ0n) is 12.7. The van der Waals surface area contributed by atoms with Crippen molar-refractivity contribution in [2.24, 2.45) is 0 Å². The van der Waals surface area contributed by atoms with Crippen LogP contribution in [0.1, 0.15) is 65.2 Å². The fraction of sp³-hybridized carbons (Fsp3) is 0.556. The van der Waals surface area contributed by atoms with Gasteiger partial charge in [0.15, 0.2) is 0 Å². The van der Waals surface area contributed by atoms with Crippen molar-refractivity contribution in [2.75, 3.05) is 0 Å². The summed E-state index contributed by atoms with van der Waals surface area (Å²) in [6, 6.07) is 0. The molecule has 0 aliphatic heterocycles. The van der Waals surface area contributed by atoms with E-state index >= 15 is 0 Å². The molecule has 1 heteroatoms. The summed E-state index contributed by atoms with van der Waals surface area (Å²) in [4.78, 5) is 0. The summed E-state index contributed by atoms with van der Waals surface area (Å²) in [5.41, 5.74) is 2.83. The van der Waals surface area contributed by atoms with E-state index in [1.165, 1.54) is 49.7 Å². The Bertz CT molecular complexity index is 298. The van der Waals surface area contributed by atoms with Gasteiger partial charge in [-0.05, 0) is 0 Å². The van der Waals surface area contributed by atoms with Crippen molar-refractivity contribution in [1.29, 1.82) is 0 Å². The first-order valence-electron chi connectivity index (χ1n) is 7.39. The maximum atomic E-state index is 3.30. The minimum absolute atomic E-state index is 0. The maximum absolute atomic E-state index is 3.30. The molecule has 0 saturated heterocycles. The number of hydrogen-bond donors (Lipinski definition) is 0. The van der Waals surface area contributed by atoms with Crippen molar-refractivity contribution >= 4 is 23.1 Å². The second kappa shape index (κ2) is 12.7. The molecule has 0 aromatic heterocycles. The summed E-state index contributed by atoms with van der Waals surface area (Å²) >= 11 is 0. The average molecular weight is 267 g/mol. The minimum Gasteiger partial charge on any atom is -0.269 e. The zero-order valence-corrected chi connectivity index (χ0v) is 14.1. The van der Waals surface area contributed by atoms with Gasteiger partial charge in [0.1, 0.15) is 0 Å². The normalized spacial score (nSPS) is 15.5. The predicted octanol–water partition coefficient (Wildman–Crippen LogP) is 5.35. The molecule has 0 heterocycles. The van der Waals surface area contributed by atoms with Gasteiger partial charge in [-0.2, -0.15) is 12.2 Å². The Morgan fingerprint density at radius 3 is 1.53 bits per heavy atom. The second-order valence-electron chi connectivity index (χ2n) is 4.82. The summed E-state index contributed by atoms with van der Waals surface area (Å²) < 4.78 is 0. The number of allylic oxidation sites excluding steroid dienone is 8. The van der Waals surface area contributed by atoms with Gasteiger partial charge < -0.3 is 0 Å². The van der Waals surface area contributed by atoms with Crippen molar-refractivity contribution < 1.29 is 0 Å². The van der Waals surface area contributed by atoms with E-state index in [4.69, 9.17) is 0 Å². The Morgan fingerprint density at radius 1 is 0.842 bits per heavy atom. The van der Waals surface area contributed by atoms with Crippen LogP contribution >= 0.6 is 0 Å². The van der Waals surface area contributed by atoms with E-state index in [0.29, 0.717) is 0 Å². The van der Waals surface area contributed by atoms with Crippen molar-refractivity contribution in [3.05, 3.63) is 47.6 Å². The molecule has 0 spiro atoms. The van der Waals surface area contributed by atoms with E-state index in [9.17, 15) is 0 Å². The number of rotatable bonds is 6. The minimum atomic E-state index is 0. The van der Waals surface area contributed by atoms with E-state index in [-0.39, 0.29) is 23.1 Å². The summed E-state index contributed by atoms with van der Waals surface area (Å²) in [6.07, 6.45) is 25.1. The Labute approximate surface area is 135 Å². The van der Waals surface area contributed by atoms with Crippen LogP contribution in [0.15, 0.2) is 35.5 Å². The van der Waals surface area contributed by atoms with E-state index < -0.39 is 0 Å². The van der Waals surface area contributed by atoms with Crippen LogP contribution in [0, 0.1) is 12.2 Å². The van der Waals surface area contributed by atoms with Gasteiger partial charge in [-0.15, -0.1) is 12.8 Å². The molecule has 2 rings (SSSR count). The molecule has 0 nitrogen and oxygen atoms in total. The largest absolute Gasteiger partial charge is 2.00 e. The Balaban J connectivity index is 0.000000324. The fourth-order valence-electron chi connectivity index (χ4n) is 1.98. The van der Waals surface area contributed by atoms with Crippen LogP contribution in [0.4, 0.5) is 0 Å². The third kappa shape index (κ3) is 9.29. The first kappa shape index (κ1) is 18.7. The van der Waals surface area contributed by atoms with Gasteiger partial charge in [0, 0.05) is 0 Å². The summed E-state index contributed by atoms with van der Waals surface area (Å²) in [5, 5.41) is 0. The molecule has 0 aromatic rings. The van der Waals surface area contributed by atoms with Crippen LogP contribution in [-0.2, 0) is 0 Å². The molecule has 0 unspecified atom stereocenters. The molecule has 0 radical (unpaired) electrons. The smallest absolute Gasteiger partial charge is 0.269 e. The Kier molecular flexibility index (Phi) is 12.6. The molecular weight excluding hydrogens is 241 g/mol. The molecule has 0 aromatic carbocycles. The van der Waals surface area contributed by atoms with E-state index in [1.54, 1.807) is 0 Å². The number of unbranched alkanes of at least 4 members (excludes halogenated alkanes) is 2. The van der Waals surface area contributed by atoms with Crippen LogP contribution in [0.3, 0.4) is 0 Å². The molecule has 0 amide bonds. The van der Waals surface area contributed by atoms with E-state index in [2.05, 4.69) is 50.3 Å². The van der Waals surface area contributed by atoms with Gasteiger partial charge in [-0.25, -0.2) is 23.3 Å². The van der Waals surface area contributed by atoms with Crippen molar-refractivity contribution in [2.45, 2.75) is 65.2 Å². The van der Waals surface area contributed by atoms with Crippen molar-refractivity contribution in [3.8, 4) is 0 Å². The van der Waals surface area contributed by atoms with Gasteiger partial charge in [0.2, 0.25) is 0 Å². The molecule has 0 saturated carbocycles. The summed E-state index contributed by atoms with van der Waals surface area (Å²) in [5.74, 6) is 0. The molecule has 100 valence electrons. The van der Waals surface area contributed by atoms with Gasteiger partial charge in [0.25, 0.3) is 0 Å². The molecule has 2 aliphatic carbocycles. The van der Waals surface area contributed by atoms with Gasteiger partial charge >= 0.3 is 23.1 Å². The molecule has 19 heavy (non-hydrogen) atoms. The quantitative estimate of drug-likeness (QED) is 0.449. The zero-order chi connectivity index (χ0) is 13.1. The SMILES string of the molecule is CCCCC1=[C-]CC=C1.CCCCC1=[C-]CC=C1.[Mg+2]. The molecule has 0 bridgehead atoms. The van der Waals surface area contributed by atoms with Crippen LogP contribution in [0.5, 0.6) is 0 Å². The Morgan fingerprint density at radius 2 is 1.26 bits per heavy atom. The predicted molar refractivity (Wildman–Crippen MR) is 85.8 cm³/mol. The molecule has 0 atom stereocenters. The number of hydrogen-bond acceptors (Lipinski definition) is 0. The van der Waals surface area contributed by atoms with Crippen LogP contribution in [0.25, 0.3) is 0 Å². The third-order valence-corrected chi connectivity index (χ3v) is 3.13. The van der Waals surface area contributed by atoms with Crippen LogP contribution in [0.2, 0.25) is 0 Å². The third-order valence-electron chi connectivity index (χ3n) is 3.13. The standard InChI is InChI=1S/2C9H13.Mg/c2*1-2-3-6-9-7-4-5-8-9;/h2*4,7H,2-3,5-6H2,1H3;/q2*-1;+2. The van der Waals surface area contributed by atoms with Gasteiger partial charge in [-0.3, -0.25) is 12.2 Å². The first-order chi connectivity index (χ1) is 8.86. The van der Waals surface area contributed by atoms with Gasteiger partial charge in [0.05, 0.1) is 0 Å². The monoisotopic (exact) mass is 266 g/mol. The fourth-order valence-corrected chi connectivity index (χ4v) is 1.98. The first-order valence-corrected chi connectivity index (χ1v) is 7.39. The van der Waals surface area contributed by atoms with Gasteiger partial charge in [-0.1, -0.05) is 52.4 Å².